The van der Waals surface area contributed by atoms with Crippen molar-refractivity contribution in [3.63, 3.8) is 0 Å². The molecular weight excluding hydrogens is 219 g/mol. The molecule has 0 aliphatic rings. The van der Waals surface area contributed by atoms with Crippen LogP contribution in [-0.2, 0) is 14.6 Å². The zero-order chi connectivity index (χ0) is 11.6. The second-order valence-corrected chi connectivity index (χ2v) is 5.33. The maximum absolute atomic E-state index is 12.7. The number of ketones is 1. The molecule has 0 saturated heterocycles. The van der Waals surface area contributed by atoms with Gasteiger partial charge in [-0.15, -0.1) is 0 Å². The molecule has 0 aliphatic heterocycles. The van der Waals surface area contributed by atoms with Crippen molar-refractivity contribution in [1.29, 1.82) is 0 Å². The van der Waals surface area contributed by atoms with E-state index in [2.05, 4.69) is 0 Å². The van der Waals surface area contributed by atoms with Gasteiger partial charge in [-0.1, -0.05) is 0 Å². The standard InChI is InChI=1S/C10H11FO3S/c1-7-5-9(11)3-4-10(7)15(13,14)6-8(2)12/h3-5H,6H2,1-2H3. The summed E-state index contributed by atoms with van der Waals surface area (Å²) in [6.07, 6.45) is 0. The van der Waals surface area contributed by atoms with Crippen LogP contribution in [0.2, 0.25) is 0 Å². The van der Waals surface area contributed by atoms with Gasteiger partial charge in [-0.3, -0.25) is 4.79 Å². The smallest absolute Gasteiger partial charge is 0.185 e. The lowest BCUT2D eigenvalue weighted by Crippen LogP contribution is -2.14. The van der Waals surface area contributed by atoms with Crippen LogP contribution in [0.3, 0.4) is 0 Å². The summed E-state index contributed by atoms with van der Waals surface area (Å²) in [6, 6.07) is 3.38. The molecule has 1 rings (SSSR count). The fraction of sp³-hybridized carbons (Fsp3) is 0.300. The number of aryl methyl sites for hydroxylation is 1. The molecule has 0 N–H and O–H groups in total. The first-order valence-electron chi connectivity index (χ1n) is 4.31. The number of benzene rings is 1. The number of halogens is 1. The molecule has 0 fully saturated rings. The van der Waals surface area contributed by atoms with Gasteiger partial charge in [0.2, 0.25) is 0 Å². The molecule has 0 radical (unpaired) electrons. The second-order valence-electron chi connectivity index (χ2n) is 3.37. The summed E-state index contributed by atoms with van der Waals surface area (Å²) < 4.78 is 36.0. The molecule has 0 bridgehead atoms. The summed E-state index contributed by atoms with van der Waals surface area (Å²) in [7, 11) is -3.62. The number of carbonyl (C=O) groups is 1. The Balaban J connectivity index is 3.22. The molecule has 15 heavy (non-hydrogen) atoms. The van der Waals surface area contributed by atoms with Gasteiger partial charge in [-0.05, 0) is 37.6 Å². The van der Waals surface area contributed by atoms with E-state index in [1.807, 2.05) is 0 Å². The van der Waals surface area contributed by atoms with Crippen LogP contribution < -0.4 is 0 Å². The number of hydrogen-bond donors (Lipinski definition) is 0. The van der Waals surface area contributed by atoms with Gasteiger partial charge in [-0.25, -0.2) is 12.8 Å². The highest BCUT2D eigenvalue weighted by Gasteiger charge is 2.19. The van der Waals surface area contributed by atoms with E-state index < -0.39 is 27.2 Å². The molecule has 0 spiro atoms. The third kappa shape index (κ3) is 2.86. The van der Waals surface area contributed by atoms with Crippen LogP contribution in [0.1, 0.15) is 12.5 Å². The summed E-state index contributed by atoms with van der Waals surface area (Å²) in [5.74, 6) is -1.47. The van der Waals surface area contributed by atoms with Crippen molar-refractivity contribution in [3.05, 3.63) is 29.6 Å². The average Bonchev–Trinajstić information content (AvgIpc) is 1.99. The highest BCUT2D eigenvalue weighted by molar-refractivity contribution is 7.92. The Bertz CT molecular complexity index is 491. The minimum Gasteiger partial charge on any atom is -0.299 e. The van der Waals surface area contributed by atoms with E-state index in [0.717, 1.165) is 12.1 Å². The van der Waals surface area contributed by atoms with Crippen LogP contribution in [0.5, 0.6) is 0 Å². The predicted molar refractivity (Wildman–Crippen MR) is 53.9 cm³/mol. The Morgan fingerprint density at radius 2 is 2.00 bits per heavy atom. The van der Waals surface area contributed by atoms with Crippen LogP contribution in [0.4, 0.5) is 4.39 Å². The van der Waals surface area contributed by atoms with Crippen LogP contribution >= 0.6 is 0 Å². The molecule has 0 atom stereocenters. The molecule has 0 amide bonds. The SMILES string of the molecule is CC(=O)CS(=O)(=O)c1ccc(F)cc1C. The molecule has 1 aromatic carbocycles. The van der Waals surface area contributed by atoms with Crippen molar-refractivity contribution >= 4 is 15.6 Å². The molecule has 1 aromatic rings. The molecule has 5 heteroatoms. The Morgan fingerprint density at radius 3 is 2.47 bits per heavy atom. The molecule has 3 nitrogen and oxygen atoms in total. The van der Waals surface area contributed by atoms with Gasteiger partial charge >= 0.3 is 0 Å². The van der Waals surface area contributed by atoms with Crippen LogP contribution in [0.15, 0.2) is 23.1 Å². The van der Waals surface area contributed by atoms with Crippen molar-refractivity contribution in [2.45, 2.75) is 18.7 Å². The monoisotopic (exact) mass is 230 g/mol. The summed E-state index contributed by atoms with van der Waals surface area (Å²) in [5.41, 5.74) is 0.316. The normalized spacial score (nSPS) is 11.4. The van der Waals surface area contributed by atoms with Gasteiger partial charge in [0.1, 0.15) is 17.4 Å². The van der Waals surface area contributed by atoms with Crippen LogP contribution in [-0.4, -0.2) is 20.0 Å². The molecule has 0 saturated carbocycles. The van der Waals surface area contributed by atoms with Crippen molar-refractivity contribution < 1.29 is 17.6 Å². The maximum Gasteiger partial charge on any atom is 0.185 e. The third-order valence-electron chi connectivity index (χ3n) is 1.87. The lowest BCUT2D eigenvalue weighted by Gasteiger charge is -2.05. The van der Waals surface area contributed by atoms with E-state index in [0.29, 0.717) is 5.56 Å². The molecule has 0 unspecified atom stereocenters. The number of rotatable bonds is 3. The number of Topliss-reactive ketones (excluding diaryl/α,β-unsaturated/α-hetero) is 1. The van der Waals surface area contributed by atoms with Crippen LogP contribution in [0, 0.1) is 12.7 Å². The van der Waals surface area contributed by atoms with E-state index in [9.17, 15) is 17.6 Å². The minimum absolute atomic E-state index is 0.0131. The molecular formula is C10H11FO3S. The Labute approximate surface area is 87.8 Å². The first kappa shape index (κ1) is 11.8. The van der Waals surface area contributed by atoms with E-state index in [1.165, 1.54) is 19.9 Å². The van der Waals surface area contributed by atoms with Crippen molar-refractivity contribution in [2.75, 3.05) is 5.75 Å². The van der Waals surface area contributed by atoms with Crippen molar-refractivity contribution in [3.8, 4) is 0 Å². The zero-order valence-corrected chi connectivity index (χ0v) is 9.27. The Morgan fingerprint density at radius 1 is 1.40 bits per heavy atom. The van der Waals surface area contributed by atoms with E-state index in [-0.39, 0.29) is 4.90 Å². The van der Waals surface area contributed by atoms with Gasteiger partial charge in [0, 0.05) is 0 Å². The van der Waals surface area contributed by atoms with E-state index >= 15 is 0 Å². The lowest BCUT2D eigenvalue weighted by atomic mass is 10.2. The molecule has 0 aliphatic carbocycles. The first-order chi connectivity index (χ1) is 6.83. The van der Waals surface area contributed by atoms with Gasteiger partial charge in [0.15, 0.2) is 9.84 Å². The van der Waals surface area contributed by atoms with Gasteiger partial charge in [0.25, 0.3) is 0 Å². The zero-order valence-electron chi connectivity index (χ0n) is 8.45. The molecule has 0 heterocycles. The largest absolute Gasteiger partial charge is 0.299 e. The maximum atomic E-state index is 12.7. The fourth-order valence-corrected chi connectivity index (χ4v) is 2.82. The summed E-state index contributed by atoms with van der Waals surface area (Å²) in [4.78, 5) is 10.8. The van der Waals surface area contributed by atoms with E-state index in [4.69, 9.17) is 0 Å². The van der Waals surface area contributed by atoms with E-state index in [1.54, 1.807) is 0 Å². The van der Waals surface area contributed by atoms with Crippen LogP contribution in [0.25, 0.3) is 0 Å². The summed E-state index contributed by atoms with van der Waals surface area (Å²) in [6.45, 7) is 2.70. The predicted octanol–water partition coefficient (Wildman–Crippen LogP) is 1.50. The minimum atomic E-state index is -3.62. The number of carbonyl (C=O) groups excluding carboxylic acids is 1. The highest BCUT2D eigenvalue weighted by atomic mass is 32.2. The Kier molecular flexibility index (Phi) is 3.24. The Hall–Kier alpha value is -1.23. The van der Waals surface area contributed by atoms with Crippen molar-refractivity contribution in [1.82, 2.24) is 0 Å². The average molecular weight is 230 g/mol. The topological polar surface area (TPSA) is 51.2 Å². The fourth-order valence-electron chi connectivity index (χ4n) is 1.31. The number of hydrogen-bond acceptors (Lipinski definition) is 3. The second kappa shape index (κ2) is 4.10. The highest BCUT2D eigenvalue weighted by Crippen LogP contribution is 2.17. The molecule has 0 aromatic heterocycles. The summed E-state index contributed by atoms with van der Waals surface area (Å²) in [5, 5.41) is 0. The van der Waals surface area contributed by atoms with Gasteiger partial charge < -0.3 is 0 Å². The lowest BCUT2D eigenvalue weighted by molar-refractivity contribution is -0.114. The molecule has 82 valence electrons. The van der Waals surface area contributed by atoms with Gasteiger partial charge in [-0.2, -0.15) is 0 Å². The summed E-state index contributed by atoms with van der Waals surface area (Å²) >= 11 is 0. The quantitative estimate of drug-likeness (QED) is 0.739. The first-order valence-corrected chi connectivity index (χ1v) is 5.96. The van der Waals surface area contributed by atoms with Crippen molar-refractivity contribution in [2.24, 2.45) is 0 Å². The third-order valence-corrected chi connectivity index (χ3v) is 3.78. The van der Waals surface area contributed by atoms with Gasteiger partial charge in [0.05, 0.1) is 4.90 Å². The number of sulfone groups is 1.